The molecule has 3 rings (SSSR count). The summed E-state index contributed by atoms with van der Waals surface area (Å²) in [6.45, 7) is 3.39. The number of aromatic nitrogens is 1. The maximum atomic E-state index is 12.6. The Kier molecular flexibility index (Phi) is 8.01. The van der Waals surface area contributed by atoms with Gasteiger partial charge in [-0.25, -0.2) is 4.79 Å². The van der Waals surface area contributed by atoms with Crippen LogP contribution in [-0.2, 0) is 4.79 Å². The molecule has 0 radical (unpaired) electrons. The van der Waals surface area contributed by atoms with Crippen molar-refractivity contribution < 1.29 is 19.1 Å². The van der Waals surface area contributed by atoms with E-state index in [4.69, 9.17) is 32.7 Å². The van der Waals surface area contributed by atoms with Crippen molar-refractivity contribution in [1.29, 1.82) is 0 Å². The van der Waals surface area contributed by atoms with Crippen molar-refractivity contribution >= 4 is 63.0 Å². The molecule has 0 amide bonds. The number of esters is 2. The van der Waals surface area contributed by atoms with E-state index in [0.29, 0.717) is 20.7 Å². The van der Waals surface area contributed by atoms with Crippen LogP contribution in [-0.4, -0.2) is 23.1 Å². The van der Waals surface area contributed by atoms with E-state index in [2.05, 4.69) is 25.9 Å². The Morgan fingerprint density at radius 1 is 1.12 bits per heavy atom. The highest BCUT2D eigenvalue weighted by Crippen LogP contribution is 2.37. The van der Waals surface area contributed by atoms with E-state index in [1.165, 1.54) is 18.5 Å². The van der Waals surface area contributed by atoms with Crippen molar-refractivity contribution in [2.45, 2.75) is 13.8 Å². The number of hydrogen-bond donors (Lipinski definition) is 0. The van der Waals surface area contributed by atoms with Crippen molar-refractivity contribution in [2.24, 2.45) is 10.9 Å². The molecular formula is C23H17BrCl2N2O4. The third-order valence-corrected chi connectivity index (χ3v) is 5.36. The molecule has 3 aromatic rings. The van der Waals surface area contributed by atoms with Crippen molar-refractivity contribution in [3.8, 4) is 11.5 Å². The standard InChI is InChI=1S/C23H17BrCl2N2O4/c1-13(2)22(29)32-21-15(12-28-18-7-3-6-17(25)20(18)26)9-16(24)10-19(21)31-23(30)14-5-4-8-27-11-14/h3-13H,1-2H3. The van der Waals surface area contributed by atoms with E-state index in [-0.39, 0.29) is 22.1 Å². The van der Waals surface area contributed by atoms with Crippen LogP contribution in [0, 0.1) is 5.92 Å². The SMILES string of the molecule is CC(C)C(=O)Oc1c(C=Nc2cccc(Cl)c2Cl)cc(Br)cc1OC(=O)c1cccnc1. The summed E-state index contributed by atoms with van der Waals surface area (Å²) >= 11 is 15.6. The monoisotopic (exact) mass is 534 g/mol. The molecule has 0 aliphatic heterocycles. The number of benzene rings is 2. The van der Waals surface area contributed by atoms with Gasteiger partial charge in [0.2, 0.25) is 0 Å². The van der Waals surface area contributed by atoms with Gasteiger partial charge in [-0.15, -0.1) is 0 Å². The number of nitrogens with zero attached hydrogens (tertiary/aromatic N) is 2. The van der Waals surface area contributed by atoms with Crippen molar-refractivity contribution in [3.05, 3.63) is 80.5 Å². The van der Waals surface area contributed by atoms with Crippen LogP contribution in [0.1, 0.15) is 29.8 Å². The molecule has 0 atom stereocenters. The molecule has 6 nitrogen and oxygen atoms in total. The fourth-order valence-corrected chi connectivity index (χ4v) is 3.26. The molecule has 2 aromatic carbocycles. The number of carbonyl (C=O) groups is 2. The average molecular weight is 536 g/mol. The predicted octanol–water partition coefficient (Wildman–Crippen LogP) is 6.68. The Morgan fingerprint density at radius 3 is 2.59 bits per heavy atom. The highest BCUT2D eigenvalue weighted by molar-refractivity contribution is 9.10. The summed E-state index contributed by atoms with van der Waals surface area (Å²) in [6.07, 6.45) is 4.37. The number of halogens is 3. The lowest BCUT2D eigenvalue weighted by Gasteiger charge is -2.15. The van der Waals surface area contributed by atoms with E-state index in [0.717, 1.165) is 0 Å². The second kappa shape index (κ2) is 10.7. The third kappa shape index (κ3) is 5.94. The summed E-state index contributed by atoms with van der Waals surface area (Å²) in [4.78, 5) is 33.2. The molecule has 0 spiro atoms. The second-order valence-corrected chi connectivity index (χ2v) is 8.56. The summed E-state index contributed by atoms with van der Waals surface area (Å²) in [5, 5.41) is 0.637. The smallest absolute Gasteiger partial charge is 0.345 e. The molecule has 0 aliphatic rings. The molecule has 1 aromatic heterocycles. The largest absolute Gasteiger partial charge is 0.422 e. The number of rotatable bonds is 6. The van der Waals surface area contributed by atoms with Gasteiger partial charge in [0.25, 0.3) is 0 Å². The minimum absolute atomic E-state index is 0.0425. The van der Waals surface area contributed by atoms with E-state index in [1.807, 2.05) is 0 Å². The van der Waals surface area contributed by atoms with Crippen LogP contribution in [0.4, 0.5) is 5.69 Å². The molecular weight excluding hydrogens is 519 g/mol. The lowest BCUT2D eigenvalue weighted by Crippen LogP contribution is -2.17. The average Bonchev–Trinajstić information content (AvgIpc) is 2.77. The highest BCUT2D eigenvalue weighted by Gasteiger charge is 2.21. The quantitative estimate of drug-likeness (QED) is 0.200. The molecule has 1 heterocycles. The number of carbonyl (C=O) groups excluding carboxylic acids is 2. The van der Waals surface area contributed by atoms with Crippen LogP contribution in [0.5, 0.6) is 11.5 Å². The first-order valence-corrected chi connectivity index (χ1v) is 11.0. The minimum Gasteiger partial charge on any atom is -0.422 e. The number of pyridine rings is 1. The first-order valence-electron chi connectivity index (χ1n) is 9.41. The summed E-state index contributed by atoms with van der Waals surface area (Å²) in [5.41, 5.74) is 1.06. The fourth-order valence-electron chi connectivity index (χ4n) is 2.46. The zero-order valence-electron chi connectivity index (χ0n) is 17.0. The van der Waals surface area contributed by atoms with Gasteiger partial charge in [-0.05, 0) is 36.4 Å². The zero-order chi connectivity index (χ0) is 23.3. The molecule has 32 heavy (non-hydrogen) atoms. The van der Waals surface area contributed by atoms with Crippen LogP contribution in [0.15, 0.2) is 64.3 Å². The number of ether oxygens (including phenoxy) is 2. The number of hydrogen-bond acceptors (Lipinski definition) is 6. The second-order valence-electron chi connectivity index (χ2n) is 6.86. The molecule has 0 aliphatic carbocycles. The predicted molar refractivity (Wildman–Crippen MR) is 128 cm³/mol. The summed E-state index contributed by atoms with van der Waals surface area (Å²) in [7, 11) is 0. The summed E-state index contributed by atoms with van der Waals surface area (Å²) in [5.74, 6) is -1.47. The molecule has 0 unspecified atom stereocenters. The Morgan fingerprint density at radius 2 is 1.91 bits per heavy atom. The lowest BCUT2D eigenvalue weighted by atomic mass is 10.2. The van der Waals surface area contributed by atoms with Crippen LogP contribution in [0.25, 0.3) is 0 Å². The van der Waals surface area contributed by atoms with Gasteiger partial charge in [0.1, 0.15) is 0 Å². The van der Waals surface area contributed by atoms with Crippen LogP contribution >= 0.6 is 39.1 Å². The first kappa shape index (κ1) is 23.9. The fraction of sp³-hybridized carbons (Fsp3) is 0.130. The lowest BCUT2D eigenvalue weighted by molar-refractivity contribution is -0.137. The molecule has 0 fully saturated rings. The topological polar surface area (TPSA) is 77.9 Å². The third-order valence-electron chi connectivity index (χ3n) is 4.10. The Balaban J connectivity index is 2.05. The Hall–Kier alpha value is -2.74. The van der Waals surface area contributed by atoms with Gasteiger partial charge in [-0.3, -0.25) is 14.8 Å². The van der Waals surface area contributed by atoms with Gasteiger partial charge in [0, 0.05) is 28.6 Å². The van der Waals surface area contributed by atoms with Gasteiger partial charge in [0.05, 0.1) is 27.2 Å². The van der Waals surface area contributed by atoms with Crippen molar-refractivity contribution in [3.63, 3.8) is 0 Å². The maximum absolute atomic E-state index is 12.6. The van der Waals surface area contributed by atoms with Crippen LogP contribution in [0.3, 0.4) is 0 Å². The molecule has 0 N–H and O–H groups in total. The summed E-state index contributed by atoms with van der Waals surface area (Å²) < 4.78 is 11.7. The van der Waals surface area contributed by atoms with Crippen LogP contribution in [0.2, 0.25) is 10.0 Å². The van der Waals surface area contributed by atoms with Gasteiger partial charge in [0.15, 0.2) is 11.5 Å². The molecule has 0 saturated carbocycles. The molecule has 164 valence electrons. The molecule has 0 saturated heterocycles. The highest BCUT2D eigenvalue weighted by atomic mass is 79.9. The zero-order valence-corrected chi connectivity index (χ0v) is 20.1. The molecule has 0 bridgehead atoms. The Labute approximate surface area is 203 Å². The van der Waals surface area contributed by atoms with Crippen LogP contribution < -0.4 is 9.47 Å². The van der Waals surface area contributed by atoms with Crippen molar-refractivity contribution in [1.82, 2.24) is 4.98 Å². The normalized spacial score (nSPS) is 11.1. The van der Waals surface area contributed by atoms with Crippen molar-refractivity contribution in [2.75, 3.05) is 0 Å². The van der Waals surface area contributed by atoms with Gasteiger partial charge >= 0.3 is 11.9 Å². The summed E-state index contributed by atoms with van der Waals surface area (Å²) in [6, 6.07) is 11.4. The van der Waals surface area contributed by atoms with Gasteiger partial charge < -0.3 is 9.47 Å². The van der Waals surface area contributed by atoms with E-state index >= 15 is 0 Å². The molecule has 9 heteroatoms. The van der Waals surface area contributed by atoms with Gasteiger partial charge in [-0.2, -0.15) is 0 Å². The Bertz CT molecular complexity index is 1180. The minimum atomic E-state index is -0.654. The number of aliphatic imine (C=N–C) groups is 1. The first-order chi connectivity index (χ1) is 15.3. The van der Waals surface area contributed by atoms with E-state index in [1.54, 1.807) is 56.4 Å². The maximum Gasteiger partial charge on any atom is 0.345 e. The van der Waals surface area contributed by atoms with Gasteiger partial charge in [-0.1, -0.05) is 59.0 Å². The van der Waals surface area contributed by atoms with E-state index < -0.39 is 17.9 Å². The van der Waals surface area contributed by atoms with E-state index in [9.17, 15) is 9.59 Å².